The van der Waals surface area contributed by atoms with Crippen LogP contribution in [0.4, 0.5) is 29.5 Å². The molecule has 6 nitrogen and oxygen atoms in total. The van der Waals surface area contributed by atoms with Gasteiger partial charge in [-0.25, -0.2) is 24.3 Å². The Balaban J connectivity index is 1.54. The fraction of sp³-hybridized carbons (Fsp3) is 0.176. The van der Waals surface area contributed by atoms with E-state index in [1.807, 2.05) is 24.3 Å². The second-order valence-electron chi connectivity index (χ2n) is 5.51. The third-order valence-electron chi connectivity index (χ3n) is 3.49. The summed E-state index contributed by atoms with van der Waals surface area (Å²) in [6.45, 7) is 0.714. The SMILES string of the molecule is Fc1cnc(NCc2ccc(CNc3nccc(C(F)(F)F)n3)cc2)nc1. The zero-order valence-electron chi connectivity index (χ0n) is 13.8. The number of hydrogen-bond acceptors (Lipinski definition) is 6. The Morgan fingerprint density at radius 1 is 0.778 bits per heavy atom. The predicted octanol–water partition coefficient (Wildman–Crippen LogP) is 3.65. The monoisotopic (exact) mass is 378 g/mol. The van der Waals surface area contributed by atoms with Crippen LogP contribution in [-0.4, -0.2) is 19.9 Å². The zero-order chi connectivity index (χ0) is 19.3. The Bertz CT molecular complexity index is 881. The molecule has 0 aliphatic heterocycles. The molecule has 0 fully saturated rings. The van der Waals surface area contributed by atoms with E-state index in [2.05, 4.69) is 30.6 Å². The van der Waals surface area contributed by atoms with E-state index < -0.39 is 17.7 Å². The number of hydrogen-bond donors (Lipinski definition) is 2. The van der Waals surface area contributed by atoms with Crippen LogP contribution in [0.2, 0.25) is 0 Å². The van der Waals surface area contributed by atoms with Gasteiger partial charge in [-0.1, -0.05) is 24.3 Å². The molecular formula is C17H14F4N6. The van der Waals surface area contributed by atoms with Crippen molar-refractivity contribution in [3.05, 3.63) is 71.6 Å². The van der Waals surface area contributed by atoms with Crippen molar-refractivity contribution in [3.63, 3.8) is 0 Å². The molecule has 0 aliphatic carbocycles. The Morgan fingerprint density at radius 3 is 1.89 bits per heavy atom. The molecule has 2 heterocycles. The minimum Gasteiger partial charge on any atom is -0.350 e. The fourth-order valence-corrected chi connectivity index (χ4v) is 2.14. The molecule has 0 amide bonds. The minimum atomic E-state index is -4.51. The summed E-state index contributed by atoms with van der Waals surface area (Å²) < 4.78 is 50.7. The lowest BCUT2D eigenvalue weighted by Gasteiger charge is -2.09. The quantitative estimate of drug-likeness (QED) is 0.638. The highest BCUT2D eigenvalue weighted by Crippen LogP contribution is 2.27. The first-order chi connectivity index (χ1) is 12.9. The lowest BCUT2D eigenvalue weighted by molar-refractivity contribution is -0.141. The van der Waals surface area contributed by atoms with Crippen LogP contribution in [0.15, 0.2) is 48.9 Å². The molecule has 1 aromatic carbocycles. The second kappa shape index (κ2) is 7.94. The molecule has 27 heavy (non-hydrogen) atoms. The first-order valence-corrected chi connectivity index (χ1v) is 7.83. The van der Waals surface area contributed by atoms with E-state index in [1.54, 1.807) is 0 Å². The maximum absolute atomic E-state index is 12.7. The minimum absolute atomic E-state index is 0.0935. The van der Waals surface area contributed by atoms with Crippen LogP contribution in [0.1, 0.15) is 16.8 Å². The van der Waals surface area contributed by atoms with Crippen LogP contribution in [0.25, 0.3) is 0 Å². The lowest BCUT2D eigenvalue weighted by Crippen LogP contribution is -2.11. The van der Waals surface area contributed by atoms with Gasteiger partial charge in [-0.2, -0.15) is 13.2 Å². The zero-order valence-corrected chi connectivity index (χ0v) is 13.8. The third-order valence-corrected chi connectivity index (χ3v) is 3.49. The molecule has 0 spiro atoms. The summed E-state index contributed by atoms with van der Waals surface area (Å²) >= 11 is 0. The van der Waals surface area contributed by atoms with Crippen LogP contribution in [0, 0.1) is 5.82 Å². The van der Waals surface area contributed by atoms with Crippen molar-refractivity contribution in [2.45, 2.75) is 19.3 Å². The summed E-state index contributed by atoms with van der Waals surface area (Å²) in [5, 5.41) is 5.72. The Kier molecular flexibility index (Phi) is 5.43. The van der Waals surface area contributed by atoms with Crippen molar-refractivity contribution in [3.8, 4) is 0 Å². The molecule has 2 aromatic heterocycles. The summed E-state index contributed by atoms with van der Waals surface area (Å²) in [7, 11) is 0. The highest BCUT2D eigenvalue weighted by Gasteiger charge is 2.32. The van der Waals surface area contributed by atoms with Gasteiger partial charge in [0, 0.05) is 19.3 Å². The van der Waals surface area contributed by atoms with Gasteiger partial charge >= 0.3 is 6.18 Å². The average Bonchev–Trinajstić information content (AvgIpc) is 2.66. The van der Waals surface area contributed by atoms with Crippen LogP contribution < -0.4 is 10.6 Å². The normalized spacial score (nSPS) is 11.3. The maximum Gasteiger partial charge on any atom is 0.433 e. The van der Waals surface area contributed by atoms with Crippen molar-refractivity contribution in [1.82, 2.24) is 19.9 Å². The van der Waals surface area contributed by atoms with E-state index in [0.29, 0.717) is 12.5 Å². The summed E-state index contributed by atoms with van der Waals surface area (Å²) in [5.41, 5.74) is 0.782. The van der Waals surface area contributed by atoms with Crippen LogP contribution in [-0.2, 0) is 19.3 Å². The second-order valence-corrected chi connectivity index (χ2v) is 5.51. The van der Waals surface area contributed by atoms with E-state index in [1.165, 1.54) is 0 Å². The molecular weight excluding hydrogens is 364 g/mol. The van der Waals surface area contributed by atoms with Gasteiger partial charge in [-0.15, -0.1) is 0 Å². The maximum atomic E-state index is 12.7. The Labute approximate surface area is 151 Å². The molecule has 10 heteroatoms. The van der Waals surface area contributed by atoms with E-state index >= 15 is 0 Å². The van der Waals surface area contributed by atoms with Crippen molar-refractivity contribution < 1.29 is 17.6 Å². The summed E-state index contributed by atoms with van der Waals surface area (Å²) in [5.74, 6) is -0.296. The number of aromatic nitrogens is 4. The summed E-state index contributed by atoms with van der Waals surface area (Å²) in [6, 6.07) is 8.16. The van der Waals surface area contributed by atoms with Gasteiger partial charge in [-0.05, 0) is 17.2 Å². The molecule has 0 bridgehead atoms. The lowest BCUT2D eigenvalue weighted by atomic mass is 10.1. The first kappa shape index (κ1) is 18.5. The van der Waals surface area contributed by atoms with E-state index in [0.717, 1.165) is 35.8 Å². The average molecular weight is 378 g/mol. The van der Waals surface area contributed by atoms with Gasteiger partial charge in [0.1, 0.15) is 5.69 Å². The summed E-state index contributed by atoms with van der Waals surface area (Å²) in [6.07, 6.45) is -1.31. The largest absolute Gasteiger partial charge is 0.433 e. The summed E-state index contributed by atoms with van der Waals surface area (Å²) in [4.78, 5) is 14.8. The van der Waals surface area contributed by atoms with E-state index in [9.17, 15) is 17.6 Å². The van der Waals surface area contributed by atoms with Gasteiger partial charge in [0.15, 0.2) is 5.82 Å². The van der Waals surface area contributed by atoms with Crippen LogP contribution in [0.5, 0.6) is 0 Å². The molecule has 140 valence electrons. The number of nitrogens with zero attached hydrogens (tertiary/aromatic N) is 4. The third kappa shape index (κ3) is 5.33. The molecule has 0 radical (unpaired) electrons. The standard InChI is InChI=1S/C17H14F4N6/c18-13-9-25-15(26-10-13)23-7-11-1-3-12(4-2-11)8-24-16-22-6-5-14(27-16)17(19,20)21/h1-6,9-10H,7-8H2,(H,22,24,27)(H,23,25,26). The van der Waals surface area contributed by atoms with E-state index in [4.69, 9.17) is 0 Å². The van der Waals surface area contributed by atoms with Gasteiger partial charge in [0.25, 0.3) is 0 Å². The topological polar surface area (TPSA) is 75.6 Å². The molecule has 0 aliphatic rings. The molecule has 0 unspecified atom stereocenters. The molecule has 0 atom stereocenters. The number of nitrogens with one attached hydrogen (secondary N) is 2. The molecule has 3 aromatic rings. The molecule has 3 rings (SSSR count). The van der Waals surface area contributed by atoms with Gasteiger partial charge in [0.2, 0.25) is 11.9 Å². The van der Waals surface area contributed by atoms with Gasteiger partial charge < -0.3 is 10.6 Å². The van der Waals surface area contributed by atoms with Crippen molar-refractivity contribution in [2.75, 3.05) is 10.6 Å². The van der Waals surface area contributed by atoms with Crippen molar-refractivity contribution >= 4 is 11.9 Å². The molecule has 0 saturated carbocycles. The van der Waals surface area contributed by atoms with Gasteiger partial charge in [0.05, 0.1) is 12.4 Å². The van der Waals surface area contributed by atoms with Gasteiger partial charge in [-0.3, -0.25) is 0 Å². The number of alkyl halides is 3. The predicted molar refractivity (Wildman–Crippen MR) is 90.1 cm³/mol. The number of benzene rings is 1. The Hall–Kier alpha value is -3.30. The van der Waals surface area contributed by atoms with Crippen molar-refractivity contribution in [2.24, 2.45) is 0 Å². The fourth-order valence-electron chi connectivity index (χ4n) is 2.14. The number of anilines is 2. The van der Waals surface area contributed by atoms with Crippen LogP contribution in [0.3, 0.4) is 0 Å². The highest BCUT2D eigenvalue weighted by atomic mass is 19.4. The number of rotatable bonds is 6. The number of halogens is 4. The highest BCUT2D eigenvalue weighted by molar-refractivity contribution is 5.32. The first-order valence-electron chi connectivity index (χ1n) is 7.83. The van der Waals surface area contributed by atoms with Crippen LogP contribution >= 0.6 is 0 Å². The van der Waals surface area contributed by atoms with Crippen molar-refractivity contribution in [1.29, 1.82) is 0 Å². The smallest absolute Gasteiger partial charge is 0.350 e. The Morgan fingerprint density at radius 2 is 1.33 bits per heavy atom. The van der Waals surface area contributed by atoms with E-state index in [-0.39, 0.29) is 12.5 Å². The molecule has 0 saturated heterocycles. The molecule has 2 N–H and O–H groups in total.